The summed E-state index contributed by atoms with van der Waals surface area (Å²) in [4.78, 5) is 30.5. The van der Waals surface area contributed by atoms with Gasteiger partial charge in [-0.25, -0.2) is 9.78 Å². The van der Waals surface area contributed by atoms with Crippen LogP contribution in [0.2, 0.25) is 0 Å². The lowest BCUT2D eigenvalue weighted by molar-refractivity contribution is 0.0702. The van der Waals surface area contributed by atoms with Crippen LogP contribution in [0.25, 0.3) is 0 Å². The van der Waals surface area contributed by atoms with E-state index in [1.54, 1.807) is 6.07 Å². The van der Waals surface area contributed by atoms with Crippen LogP contribution in [0.3, 0.4) is 0 Å². The Morgan fingerprint density at radius 1 is 1.31 bits per heavy atom. The molecule has 7 nitrogen and oxygen atoms in total. The van der Waals surface area contributed by atoms with Gasteiger partial charge in [0, 0.05) is 18.7 Å². The number of carbonyl (C=O) groups excluding carboxylic acids is 1. The van der Waals surface area contributed by atoms with E-state index < -0.39 is 5.97 Å². The Labute approximate surface area is 155 Å². The highest BCUT2D eigenvalue weighted by molar-refractivity contribution is 7.18. The van der Waals surface area contributed by atoms with E-state index >= 15 is 0 Å². The molecule has 2 N–H and O–H groups in total. The second-order valence-electron chi connectivity index (χ2n) is 6.17. The van der Waals surface area contributed by atoms with Gasteiger partial charge in [0.1, 0.15) is 0 Å². The second kappa shape index (κ2) is 7.84. The van der Waals surface area contributed by atoms with Crippen LogP contribution < -0.4 is 10.2 Å². The van der Waals surface area contributed by atoms with E-state index in [-0.39, 0.29) is 23.0 Å². The van der Waals surface area contributed by atoms with Crippen LogP contribution in [0, 0.1) is 13.8 Å². The Balaban J connectivity index is 1.75. The van der Waals surface area contributed by atoms with Crippen LogP contribution in [0.4, 0.5) is 10.9 Å². The number of hydrogen-bond donors (Lipinski definition) is 2. The molecule has 26 heavy (non-hydrogen) atoms. The minimum Gasteiger partial charge on any atom is -0.477 e. The van der Waals surface area contributed by atoms with E-state index in [0.717, 1.165) is 22.5 Å². The molecule has 0 spiro atoms. The van der Waals surface area contributed by atoms with E-state index in [2.05, 4.69) is 10.3 Å². The molecule has 2 aromatic rings. The summed E-state index contributed by atoms with van der Waals surface area (Å²) in [5.74, 6) is -0.912. The standard InChI is InChI=1S/C18H21N3O4S/c1-11-3-4-13(12(2)9-11)14(22)10-19-16-15(17(23)24)26-18(20-16)21-5-7-25-8-6-21/h3-4,9,19H,5-8,10H2,1-2H3,(H,23,24). The van der Waals surface area contributed by atoms with Crippen molar-refractivity contribution in [3.63, 3.8) is 0 Å². The van der Waals surface area contributed by atoms with Crippen molar-refractivity contribution in [2.45, 2.75) is 13.8 Å². The van der Waals surface area contributed by atoms with Gasteiger partial charge in [-0.1, -0.05) is 35.1 Å². The van der Waals surface area contributed by atoms with Crippen LogP contribution in [0.1, 0.15) is 31.2 Å². The van der Waals surface area contributed by atoms with E-state index in [4.69, 9.17) is 4.74 Å². The molecule has 138 valence electrons. The number of carbonyl (C=O) groups is 2. The number of ketones is 1. The van der Waals surface area contributed by atoms with Gasteiger partial charge in [-0.2, -0.15) is 0 Å². The maximum atomic E-state index is 12.5. The normalized spacial score (nSPS) is 14.3. The first kappa shape index (κ1) is 18.3. The molecule has 3 rings (SSSR count). The third kappa shape index (κ3) is 4.03. The summed E-state index contributed by atoms with van der Waals surface area (Å²) in [7, 11) is 0. The van der Waals surface area contributed by atoms with Crippen LogP contribution in [-0.2, 0) is 4.74 Å². The Bertz CT molecular complexity index is 828. The summed E-state index contributed by atoms with van der Waals surface area (Å²) in [5, 5.41) is 13.0. The molecule has 2 heterocycles. The number of carboxylic acids is 1. The number of nitrogens with zero attached hydrogens (tertiary/aromatic N) is 2. The van der Waals surface area contributed by atoms with Crippen molar-refractivity contribution < 1.29 is 19.4 Å². The van der Waals surface area contributed by atoms with Crippen molar-refractivity contribution in [2.24, 2.45) is 0 Å². The van der Waals surface area contributed by atoms with Gasteiger partial charge in [0.15, 0.2) is 21.6 Å². The zero-order chi connectivity index (χ0) is 18.7. The number of thiazole rings is 1. The van der Waals surface area contributed by atoms with E-state index in [1.165, 1.54) is 0 Å². The number of carboxylic acid groups (broad SMARTS) is 1. The highest BCUT2D eigenvalue weighted by Gasteiger charge is 2.22. The number of nitrogens with one attached hydrogen (secondary N) is 1. The first-order valence-corrected chi connectivity index (χ1v) is 9.18. The maximum Gasteiger partial charge on any atom is 0.349 e. The third-order valence-electron chi connectivity index (χ3n) is 4.19. The van der Waals surface area contributed by atoms with Gasteiger partial charge >= 0.3 is 5.97 Å². The monoisotopic (exact) mass is 375 g/mol. The molecule has 1 aliphatic heterocycles. The summed E-state index contributed by atoms with van der Waals surface area (Å²) < 4.78 is 5.31. The molecule has 0 atom stereocenters. The molecule has 0 aliphatic carbocycles. The van der Waals surface area contributed by atoms with Gasteiger partial charge in [0.25, 0.3) is 0 Å². The number of rotatable bonds is 6. The molecule has 0 unspecified atom stereocenters. The smallest absolute Gasteiger partial charge is 0.349 e. The van der Waals surface area contributed by atoms with E-state index in [1.807, 2.05) is 30.9 Å². The molecule has 1 saturated heterocycles. The number of aryl methyl sites for hydroxylation is 2. The second-order valence-corrected chi connectivity index (χ2v) is 7.15. The highest BCUT2D eigenvalue weighted by Crippen LogP contribution is 2.30. The summed E-state index contributed by atoms with van der Waals surface area (Å²) in [6.45, 7) is 6.40. The fourth-order valence-corrected chi connectivity index (χ4v) is 3.78. The largest absolute Gasteiger partial charge is 0.477 e. The van der Waals surface area contributed by atoms with Gasteiger partial charge in [-0.3, -0.25) is 4.79 Å². The molecule has 0 amide bonds. The summed E-state index contributed by atoms with van der Waals surface area (Å²) in [5.41, 5.74) is 2.63. The summed E-state index contributed by atoms with van der Waals surface area (Å²) in [6.07, 6.45) is 0. The van der Waals surface area contributed by atoms with Crippen molar-refractivity contribution in [1.82, 2.24) is 4.98 Å². The fourth-order valence-electron chi connectivity index (χ4n) is 2.85. The van der Waals surface area contributed by atoms with Crippen molar-refractivity contribution >= 4 is 34.0 Å². The van der Waals surface area contributed by atoms with Crippen LogP contribution in [-0.4, -0.2) is 54.7 Å². The van der Waals surface area contributed by atoms with Gasteiger partial charge in [-0.15, -0.1) is 0 Å². The average Bonchev–Trinajstić information content (AvgIpc) is 3.05. The number of morpholine rings is 1. The Kier molecular flexibility index (Phi) is 5.53. The molecule has 0 saturated carbocycles. The predicted octanol–water partition coefficient (Wildman–Crippen LogP) is 2.59. The van der Waals surface area contributed by atoms with Gasteiger partial charge < -0.3 is 20.1 Å². The highest BCUT2D eigenvalue weighted by atomic mass is 32.1. The van der Waals surface area contributed by atoms with Crippen LogP contribution >= 0.6 is 11.3 Å². The number of anilines is 2. The van der Waals surface area contributed by atoms with E-state index in [9.17, 15) is 14.7 Å². The lowest BCUT2D eigenvalue weighted by atomic mass is 10.0. The number of Topliss-reactive ketones (excluding diaryl/α,β-unsaturated/α-hetero) is 1. The van der Waals surface area contributed by atoms with E-state index in [0.29, 0.717) is 37.0 Å². The van der Waals surface area contributed by atoms with Crippen LogP contribution in [0.5, 0.6) is 0 Å². The Morgan fingerprint density at radius 2 is 2.04 bits per heavy atom. The van der Waals surface area contributed by atoms with Crippen molar-refractivity contribution in [2.75, 3.05) is 43.1 Å². The molecule has 1 fully saturated rings. The predicted molar refractivity (Wildman–Crippen MR) is 101 cm³/mol. The SMILES string of the molecule is Cc1ccc(C(=O)CNc2nc(N3CCOCC3)sc2C(=O)O)c(C)c1. The average molecular weight is 375 g/mol. The Morgan fingerprint density at radius 3 is 2.69 bits per heavy atom. The minimum absolute atomic E-state index is 0.00351. The first-order valence-electron chi connectivity index (χ1n) is 8.37. The minimum atomic E-state index is -1.05. The molecule has 0 radical (unpaired) electrons. The molecule has 1 aromatic heterocycles. The van der Waals surface area contributed by atoms with Crippen molar-refractivity contribution in [3.05, 3.63) is 39.8 Å². The number of aromatic carboxylic acids is 1. The summed E-state index contributed by atoms with van der Waals surface area (Å²) >= 11 is 1.11. The Hall–Kier alpha value is -2.45. The molecule has 1 aliphatic rings. The van der Waals surface area contributed by atoms with Gasteiger partial charge in [0.2, 0.25) is 0 Å². The van der Waals surface area contributed by atoms with Crippen molar-refractivity contribution in [1.29, 1.82) is 0 Å². The number of benzene rings is 1. The molecule has 0 bridgehead atoms. The number of aromatic nitrogens is 1. The number of hydrogen-bond acceptors (Lipinski definition) is 7. The molecule has 8 heteroatoms. The molecular formula is C18H21N3O4S. The zero-order valence-electron chi connectivity index (χ0n) is 14.7. The quantitative estimate of drug-likeness (QED) is 0.750. The third-order valence-corrected chi connectivity index (χ3v) is 5.29. The number of ether oxygens (including phenoxy) is 1. The zero-order valence-corrected chi connectivity index (χ0v) is 15.6. The molecule has 1 aromatic carbocycles. The van der Waals surface area contributed by atoms with Crippen LogP contribution in [0.15, 0.2) is 18.2 Å². The lowest BCUT2D eigenvalue weighted by Crippen LogP contribution is -2.36. The first-order chi connectivity index (χ1) is 12.5. The molecular weight excluding hydrogens is 354 g/mol. The van der Waals surface area contributed by atoms with Gasteiger partial charge in [-0.05, 0) is 19.4 Å². The lowest BCUT2D eigenvalue weighted by Gasteiger charge is -2.25. The topological polar surface area (TPSA) is 91.8 Å². The maximum absolute atomic E-state index is 12.5. The van der Waals surface area contributed by atoms with Gasteiger partial charge in [0.05, 0.1) is 19.8 Å². The van der Waals surface area contributed by atoms with Crippen molar-refractivity contribution in [3.8, 4) is 0 Å². The fraction of sp³-hybridized carbons (Fsp3) is 0.389. The summed E-state index contributed by atoms with van der Waals surface area (Å²) in [6, 6.07) is 5.64.